The number of fused-ring (bicyclic) bond motifs is 1. The van der Waals surface area contributed by atoms with E-state index in [1.165, 1.54) is 20.1 Å². The number of ether oxygens (including phenoxy) is 3. The first kappa shape index (κ1) is 23.4. The molecule has 2 heterocycles. The lowest BCUT2D eigenvalue weighted by Gasteiger charge is -2.21. The fourth-order valence-electron chi connectivity index (χ4n) is 3.97. The Labute approximate surface area is 194 Å². The number of anilines is 1. The van der Waals surface area contributed by atoms with Gasteiger partial charge in [0.15, 0.2) is 11.5 Å². The molecule has 0 spiro atoms. The van der Waals surface area contributed by atoms with Crippen LogP contribution in [0.2, 0.25) is 5.28 Å². The van der Waals surface area contributed by atoms with Crippen LogP contribution in [0.5, 0.6) is 11.5 Å². The first-order valence-corrected chi connectivity index (χ1v) is 10.8. The number of hydrogen-bond donors (Lipinski definition) is 1. The Balaban J connectivity index is 1.73. The number of rotatable bonds is 6. The minimum absolute atomic E-state index is 0.00196. The highest BCUT2D eigenvalue weighted by molar-refractivity contribution is 6.28. The van der Waals surface area contributed by atoms with E-state index in [9.17, 15) is 13.2 Å². The molecule has 1 aliphatic rings. The van der Waals surface area contributed by atoms with E-state index in [2.05, 4.69) is 15.3 Å². The molecule has 0 aliphatic carbocycles. The largest absolute Gasteiger partial charge is 0.493 e. The van der Waals surface area contributed by atoms with Gasteiger partial charge in [0.05, 0.1) is 37.4 Å². The second-order valence-electron chi connectivity index (χ2n) is 7.85. The van der Waals surface area contributed by atoms with Crippen molar-refractivity contribution in [3.63, 3.8) is 0 Å². The van der Waals surface area contributed by atoms with Crippen LogP contribution in [0.4, 0.5) is 19.0 Å². The minimum atomic E-state index is -4.43. The van der Waals surface area contributed by atoms with E-state index in [0.29, 0.717) is 47.0 Å². The summed E-state index contributed by atoms with van der Waals surface area (Å²) < 4.78 is 57.0. The summed E-state index contributed by atoms with van der Waals surface area (Å²) in [7, 11) is 1.53. The Morgan fingerprint density at radius 3 is 2.67 bits per heavy atom. The quantitative estimate of drug-likeness (QED) is 0.438. The maximum Gasteiger partial charge on any atom is 0.416 e. The average molecular weight is 482 g/mol. The molecular weight excluding hydrogens is 459 g/mol. The van der Waals surface area contributed by atoms with Gasteiger partial charge in [0, 0.05) is 17.9 Å². The van der Waals surface area contributed by atoms with Gasteiger partial charge in [-0.3, -0.25) is 0 Å². The van der Waals surface area contributed by atoms with E-state index in [1.54, 1.807) is 25.1 Å². The molecule has 0 unspecified atom stereocenters. The normalized spacial score (nSPS) is 17.2. The number of methoxy groups -OCH3 is 1. The molecule has 2 aromatic carbocycles. The monoisotopic (exact) mass is 481 g/mol. The van der Waals surface area contributed by atoms with Crippen molar-refractivity contribution in [2.75, 3.05) is 25.6 Å². The van der Waals surface area contributed by atoms with E-state index >= 15 is 0 Å². The van der Waals surface area contributed by atoms with E-state index in [4.69, 9.17) is 25.8 Å². The maximum atomic E-state index is 13.4. The third-order valence-corrected chi connectivity index (χ3v) is 5.81. The van der Waals surface area contributed by atoms with E-state index in [0.717, 1.165) is 12.5 Å². The fraction of sp³-hybridized carbons (Fsp3) is 0.391. The Morgan fingerprint density at radius 2 is 2.00 bits per heavy atom. The number of nitrogens with one attached hydrogen (secondary N) is 1. The molecule has 1 aromatic heterocycles. The summed E-state index contributed by atoms with van der Waals surface area (Å²) in [6.45, 7) is 4.33. The van der Waals surface area contributed by atoms with Gasteiger partial charge in [0.2, 0.25) is 5.28 Å². The number of nitrogens with zero attached hydrogens (tertiary/aromatic N) is 2. The standard InChI is InChI=1S/C23H23ClF3N3O3/c1-12-15(5-4-6-17(12)23(25,26)27)13(2)28-21-16-9-20(33-14-7-8-32-11-14)19(31-3)10-18(16)29-22(24)30-21/h4-6,9-10,13-14H,7-8,11H2,1-3H3,(H,28,29,30)/t13-,14+/m1/s1. The zero-order valence-electron chi connectivity index (χ0n) is 18.3. The summed E-state index contributed by atoms with van der Waals surface area (Å²) in [5, 5.41) is 3.80. The van der Waals surface area contributed by atoms with E-state index in [1.807, 2.05) is 0 Å². The van der Waals surface area contributed by atoms with Crippen LogP contribution in [0.1, 0.15) is 36.1 Å². The predicted octanol–water partition coefficient (Wildman–Crippen LogP) is 5.96. The lowest BCUT2D eigenvalue weighted by atomic mass is 9.97. The number of halogens is 4. The van der Waals surface area contributed by atoms with Gasteiger partial charge < -0.3 is 19.5 Å². The molecule has 0 radical (unpaired) electrons. The molecule has 3 aromatic rings. The summed E-state index contributed by atoms with van der Waals surface area (Å²) in [5.74, 6) is 1.36. The molecule has 1 aliphatic heterocycles. The van der Waals surface area contributed by atoms with Crippen LogP contribution in [-0.2, 0) is 10.9 Å². The molecule has 0 amide bonds. The van der Waals surface area contributed by atoms with Gasteiger partial charge in [-0.15, -0.1) is 0 Å². The van der Waals surface area contributed by atoms with Crippen molar-refractivity contribution < 1.29 is 27.4 Å². The lowest BCUT2D eigenvalue weighted by Crippen LogP contribution is -2.16. The van der Waals surface area contributed by atoms with Crippen LogP contribution in [0.3, 0.4) is 0 Å². The molecule has 0 saturated carbocycles. The topological polar surface area (TPSA) is 65.5 Å². The molecule has 1 saturated heterocycles. The van der Waals surface area contributed by atoms with Gasteiger partial charge in [-0.1, -0.05) is 12.1 Å². The number of benzene rings is 2. The van der Waals surface area contributed by atoms with Crippen LogP contribution >= 0.6 is 11.6 Å². The van der Waals surface area contributed by atoms with Crippen LogP contribution in [-0.4, -0.2) is 36.4 Å². The van der Waals surface area contributed by atoms with Gasteiger partial charge in [-0.2, -0.15) is 13.2 Å². The van der Waals surface area contributed by atoms with Gasteiger partial charge in [0.1, 0.15) is 11.9 Å². The van der Waals surface area contributed by atoms with Crippen LogP contribution in [0.25, 0.3) is 10.9 Å². The molecule has 33 heavy (non-hydrogen) atoms. The molecule has 10 heteroatoms. The molecule has 6 nitrogen and oxygen atoms in total. The Hall–Kier alpha value is -2.78. The van der Waals surface area contributed by atoms with Crippen LogP contribution in [0.15, 0.2) is 30.3 Å². The van der Waals surface area contributed by atoms with Gasteiger partial charge in [-0.05, 0) is 48.7 Å². The minimum Gasteiger partial charge on any atom is -0.493 e. The average Bonchev–Trinajstić information content (AvgIpc) is 3.26. The highest BCUT2D eigenvalue weighted by Gasteiger charge is 2.33. The van der Waals surface area contributed by atoms with Crippen molar-refractivity contribution >= 4 is 28.3 Å². The van der Waals surface area contributed by atoms with Crippen molar-refractivity contribution in [3.05, 3.63) is 52.3 Å². The first-order chi connectivity index (χ1) is 15.7. The second-order valence-corrected chi connectivity index (χ2v) is 8.19. The summed E-state index contributed by atoms with van der Waals surface area (Å²) in [5.41, 5.74) is 0.498. The molecule has 1 fully saturated rings. The smallest absolute Gasteiger partial charge is 0.416 e. The summed E-state index contributed by atoms with van der Waals surface area (Å²) in [6, 6.07) is 7.08. The summed E-state index contributed by atoms with van der Waals surface area (Å²) in [6.07, 6.45) is -3.78. The number of hydrogen-bond acceptors (Lipinski definition) is 6. The van der Waals surface area contributed by atoms with E-state index in [-0.39, 0.29) is 17.0 Å². The second kappa shape index (κ2) is 9.23. The maximum absolute atomic E-state index is 13.4. The SMILES string of the molecule is COc1cc2nc(Cl)nc(N[C@H](C)c3cccc(C(F)(F)F)c3C)c2cc1O[C@H]1CCOC1. The van der Waals surface area contributed by atoms with Crippen molar-refractivity contribution in [1.82, 2.24) is 9.97 Å². The molecular formula is C23H23ClF3N3O3. The molecule has 4 rings (SSSR count). The lowest BCUT2D eigenvalue weighted by molar-refractivity contribution is -0.138. The molecule has 176 valence electrons. The molecule has 2 atom stereocenters. The number of alkyl halides is 3. The van der Waals surface area contributed by atoms with Crippen molar-refractivity contribution in [2.24, 2.45) is 0 Å². The van der Waals surface area contributed by atoms with Gasteiger partial charge in [0.25, 0.3) is 0 Å². The zero-order valence-corrected chi connectivity index (χ0v) is 19.0. The van der Waals surface area contributed by atoms with Crippen molar-refractivity contribution in [1.29, 1.82) is 0 Å². The molecule has 1 N–H and O–H groups in total. The third-order valence-electron chi connectivity index (χ3n) is 5.64. The highest BCUT2D eigenvalue weighted by Crippen LogP contribution is 2.38. The zero-order chi connectivity index (χ0) is 23.8. The summed E-state index contributed by atoms with van der Waals surface area (Å²) in [4.78, 5) is 8.56. The van der Waals surface area contributed by atoms with E-state index < -0.39 is 17.8 Å². The Bertz CT molecular complexity index is 1170. The van der Waals surface area contributed by atoms with Gasteiger partial charge in [-0.25, -0.2) is 9.97 Å². The predicted molar refractivity (Wildman–Crippen MR) is 119 cm³/mol. The first-order valence-electron chi connectivity index (χ1n) is 10.4. The van der Waals surface area contributed by atoms with Crippen LogP contribution in [0, 0.1) is 6.92 Å². The fourth-order valence-corrected chi connectivity index (χ4v) is 4.14. The highest BCUT2D eigenvalue weighted by atomic mass is 35.5. The molecule has 0 bridgehead atoms. The Morgan fingerprint density at radius 1 is 1.21 bits per heavy atom. The third kappa shape index (κ3) is 4.94. The Kier molecular flexibility index (Phi) is 6.54. The number of aromatic nitrogens is 2. The van der Waals surface area contributed by atoms with Crippen LogP contribution < -0.4 is 14.8 Å². The van der Waals surface area contributed by atoms with Crippen molar-refractivity contribution in [3.8, 4) is 11.5 Å². The van der Waals surface area contributed by atoms with Crippen molar-refractivity contribution in [2.45, 2.75) is 38.6 Å². The van der Waals surface area contributed by atoms with Gasteiger partial charge >= 0.3 is 6.18 Å². The summed E-state index contributed by atoms with van der Waals surface area (Å²) >= 11 is 6.14.